The molecule has 1 saturated heterocycles. The summed E-state index contributed by atoms with van der Waals surface area (Å²) in [6.45, 7) is 1.87. The van der Waals surface area contributed by atoms with Crippen LogP contribution < -0.4 is 0 Å². The molecule has 0 unspecified atom stereocenters. The highest BCUT2D eigenvalue weighted by Gasteiger charge is 2.18. The van der Waals surface area contributed by atoms with Crippen LogP contribution >= 0.6 is 0 Å². The minimum atomic E-state index is -0.520. The standard InChI is InChI=1S/C14H15N3O4/c18-13(17-3-5-20-6-4-17)8-21-14(19)10-1-2-11-12(7-10)16-9-15-11/h1-2,7,9H,3-6,8H2,(H,15,16). The number of esters is 1. The van der Waals surface area contributed by atoms with Gasteiger partial charge in [0.25, 0.3) is 5.91 Å². The Balaban J connectivity index is 1.59. The summed E-state index contributed by atoms with van der Waals surface area (Å²) < 4.78 is 10.2. The van der Waals surface area contributed by atoms with Crippen LogP contribution in [0.4, 0.5) is 0 Å². The van der Waals surface area contributed by atoms with E-state index in [1.807, 2.05) is 0 Å². The maximum absolute atomic E-state index is 11.9. The molecule has 0 bridgehead atoms. The predicted octanol–water partition coefficient (Wildman–Crippen LogP) is 0.578. The fourth-order valence-electron chi connectivity index (χ4n) is 2.18. The van der Waals surface area contributed by atoms with E-state index in [4.69, 9.17) is 9.47 Å². The van der Waals surface area contributed by atoms with Crippen LogP contribution in [0.25, 0.3) is 11.0 Å². The first-order valence-corrected chi connectivity index (χ1v) is 6.70. The van der Waals surface area contributed by atoms with Gasteiger partial charge in [-0.05, 0) is 18.2 Å². The fourth-order valence-corrected chi connectivity index (χ4v) is 2.18. The molecule has 1 N–H and O–H groups in total. The minimum absolute atomic E-state index is 0.200. The smallest absolute Gasteiger partial charge is 0.338 e. The van der Waals surface area contributed by atoms with Crippen LogP contribution in [0.2, 0.25) is 0 Å². The van der Waals surface area contributed by atoms with Crippen LogP contribution in [-0.2, 0) is 14.3 Å². The average molecular weight is 289 g/mol. The predicted molar refractivity (Wildman–Crippen MR) is 73.8 cm³/mol. The largest absolute Gasteiger partial charge is 0.452 e. The molecule has 1 amide bonds. The summed E-state index contributed by atoms with van der Waals surface area (Å²) in [5.74, 6) is -0.720. The first-order valence-electron chi connectivity index (χ1n) is 6.70. The van der Waals surface area contributed by atoms with E-state index in [0.717, 1.165) is 11.0 Å². The van der Waals surface area contributed by atoms with Gasteiger partial charge in [0.05, 0.1) is 36.1 Å². The Hall–Kier alpha value is -2.41. The first kappa shape index (κ1) is 13.6. The van der Waals surface area contributed by atoms with Crippen molar-refractivity contribution in [3.05, 3.63) is 30.1 Å². The monoisotopic (exact) mass is 289 g/mol. The van der Waals surface area contributed by atoms with Crippen molar-refractivity contribution in [3.63, 3.8) is 0 Å². The zero-order chi connectivity index (χ0) is 14.7. The molecular formula is C14H15N3O4. The van der Waals surface area contributed by atoms with Gasteiger partial charge in [-0.2, -0.15) is 0 Å². The highest BCUT2D eigenvalue weighted by Crippen LogP contribution is 2.12. The Morgan fingerprint density at radius 3 is 2.95 bits per heavy atom. The molecule has 2 heterocycles. The fraction of sp³-hybridized carbons (Fsp3) is 0.357. The third-order valence-corrected chi connectivity index (χ3v) is 3.35. The maximum atomic E-state index is 11.9. The van der Waals surface area contributed by atoms with Crippen LogP contribution in [0.3, 0.4) is 0 Å². The van der Waals surface area contributed by atoms with Gasteiger partial charge < -0.3 is 19.4 Å². The van der Waals surface area contributed by atoms with Crippen LogP contribution in [0.15, 0.2) is 24.5 Å². The summed E-state index contributed by atoms with van der Waals surface area (Å²) >= 11 is 0. The maximum Gasteiger partial charge on any atom is 0.338 e. The van der Waals surface area contributed by atoms with Gasteiger partial charge in [0.1, 0.15) is 0 Å². The summed E-state index contributed by atoms with van der Waals surface area (Å²) in [4.78, 5) is 32.5. The van der Waals surface area contributed by atoms with E-state index >= 15 is 0 Å². The van der Waals surface area contributed by atoms with Crippen molar-refractivity contribution in [2.75, 3.05) is 32.9 Å². The highest BCUT2D eigenvalue weighted by molar-refractivity contribution is 5.94. The van der Waals surface area contributed by atoms with Crippen LogP contribution in [0.1, 0.15) is 10.4 Å². The quantitative estimate of drug-likeness (QED) is 0.835. The van der Waals surface area contributed by atoms with Crippen molar-refractivity contribution >= 4 is 22.9 Å². The number of ether oxygens (including phenoxy) is 2. The van der Waals surface area contributed by atoms with Gasteiger partial charge in [-0.25, -0.2) is 9.78 Å². The molecule has 0 radical (unpaired) electrons. The molecule has 110 valence electrons. The van der Waals surface area contributed by atoms with E-state index in [9.17, 15) is 9.59 Å². The number of carbonyl (C=O) groups is 2. The average Bonchev–Trinajstić information content (AvgIpc) is 3.00. The highest BCUT2D eigenvalue weighted by atomic mass is 16.5. The number of rotatable bonds is 3. The second-order valence-corrected chi connectivity index (χ2v) is 4.70. The van der Waals surface area contributed by atoms with Gasteiger partial charge in [-0.15, -0.1) is 0 Å². The molecule has 0 spiro atoms. The second kappa shape index (κ2) is 5.92. The van der Waals surface area contributed by atoms with Crippen LogP contribution in [0, 0.1) is 0 Å². The molecule has 2 aromatic rings. The van der Waals surface area contributed by atoms with Crippen molar-refractivity contribution in [2.24, 2.45) is 0 Å². The number of fused-ring (bicyclic) bond motifs is 1. The summed E-state index contributed by atoms with van der Waals surface area (Å²) in [6, 6.07) is 5.01. The van der Waals surface area contributed by atoms with Gasteiger partial charge in [0, 0.05) is 13.1 Å². The zero-order valence-electron chi connectivity index (χ0n) is 11.4. The summed E-state index contributed by atoms with van der Waals surface area (Å²) in [5.41, 5.74) is 1.92. The van der Waals surface area contributed by atoms with E-state index in [1.54, 1.807) is 29.4 Å². The lowest BCUT2D eigenvalue weighted by Crippen LogP contribution is -2.42. The molecule has 0 saturated carbocycles. The Kier molecular flexibility index (Phi) is 3.83. The number of aromatic nitrogens is 2. The molecule has 7 nitrogen and oxygen atoms in total. The van der Waals surface area contributed by atoms with Crippen molar-refractivity contribution < 1.29 is 19.1 Å². The van der Waals surface area contributed by atoms with Crippen molar-refractivity contribution in [1.82, 2.24) is 14.9 Å². The molecule has 7 heteroatoms. The van der Waals surface area contributed by atoms with Crippen molar-refractivity contribution in [1.29, 1.82) is 0 Å². The zero-order valence-corrected chi connectivity index (χ0v) is 11.4. The molecule has 0 atom stereocenters. The molecule has 1 aromatic heterocycles. The van der Waals surface area contributed by atoms with Gasteiger partial charge >= 0.3 is 5.97 Å². The van der Waals surface area contributed by atoms with Crippen molar-refractivity contribution in [3.8, 4) is 0 Å². The van der Waals surface area contributed by atoms with Crippen LogP contribution in [-0.4, -0.2) is 59.7 Å². The molecular weight excluding hydrogens is 274 g/mol. The summed E-state index contributed by atoms with van der Waals surface area (Å²) in [5, 5.41) is 0. The van der Waals surface area contributed by atoms with E-state index in [0.29, 0.717) is 31.9 Å². The lowest BCUT2D eigenvalue weighted by molar-refractivity contribution is -0.138. The van der Waals surface area contributed by atoms with Crippen LogP contribution in [0.5, 0.6) is 0 Å². The molecule has 1 aliphatic rings. The number of morpholine rings is 1. The second-order valence-electron chi connectivity index (χ2n) is 4.70. The Morgan fingerprint density at radius 1 is 1.33 bits per heavy atom. The SMILES string of the molecule is O=C(OCC(=O)N1CCOCC1)c1ccc2nc[nH]c2c1. The topological polar surface area (TPSA) is 84.5 Å². The van der Waals surface area contributed by atoms with E-state index < -0.39 is 5.97 Å². The van der Waals surface area contributed by atoms with E-state index in [-0.39, 0.29) is 12.5 Å². The number of amides is 1. The molecule has 1 aliphatic heterocycles. The molecule has 21 heavy (non-hydrogen) atoms. The lowest BCUT2D eigenvalue weighted by Gasteiger charge is -2.26. The number of hydrogen-bond acceptors (Lipinski definition) is 5. The Labute approximate surface area is 120 Å². The van der Waals surface area contributed by atoms with Gasteiger partial charge in [0.15, 0.2) is 6.61 Å². The number of nitrogens with one attached hydrogen (secondary N) is 1. The van der Waals surface area contributed by atoms with Gasteiger partial charge in [-0.1, -0.05) is 0 Å². The Morgan fingerprint density at radius 2 is 2.14 bits per heavy atom. The van der Waals surface area contributed by atoms with E-state index in [2.05, 4.69) is 9.97 Å². The normalized spacial score (nSPS) is 15.1. The number of aromatic amines is 1. The molecule has 1 fully saturated rings. The van der Waals surface area contributed by atoms with Gasteiger partial charge in [-0.3, -0.25) is 4.79 Å². The number of imidazole rings is 1. The first-order chi connectivity index (χ1) is 10.2. The number of nitrogens with zero attached hydrogens (tertiary/aromatic N) is 2. The number of carbonyl (C=O) groups excluding carboxylic acids is 2. The molecule has 3 rings (SSSR count). The summed E-state index contributed by atoms with van der Waals surface area (Å²) in [6.07, 6.45) is 1.56. The summed E-state index contributed by atoms with van der Waals surface area (Å²) in [7, 11) is 0. The minimum Gasteiger partial charge on any atom is -0.452 e. The number of H-pyrrole nitrogens is 1. The molecule has 0 aliphatic carbocycles. The van der Waals surface area contributed by atoms with E-state index in [1.165, 1.54) is 0 Å². The Bertz CT molecular complexity index is 661. The number of hydrogen-bond donors (Lipinski definition) is 1. The van der Waals surface area contributed by atoms with Gasteiger partial charge in [0.2, 0.25) is 0 Å². The molecule has 1 aromatic carbocycles. The lowest BCUT2D eigenvalue weighted by atomic mass is 10.2. The third-order valence-electron chi connectivity index (χ3n) is 3.35. The third kappa shape index (κ3) is 3.03. The number of benzene rings is 1. The van der Waals surface area contributed by atoms with Crippen molar-refractivity contribution in [2.45, 2.75) is 0 Å².